The van der Waals surface area contributed by atoms with Gasteiger partial charge in [0, 0.05) is 19.1 Å². The van der Waals surface area contributed by atoms with Crippen LogP contribution in [0.25, 0.3) is 0 Å². The fourth-order valence-corrected chi connectivity index (χ4v) is 2.43. The van der Waals surface area contributed by atoms with Crippen molar-refractivity contribution < 1.29 is 4.79 Å². The molecule has 0 unspecified atom stereocenters. The minimum Gasteiger partial charge on any atom is -0.335 e. The molecule has 1 aliphatic carbocycles. The average molecular weight is 196 g/mol. The van der Waals surface area contributed by atoms with Crippen molar-refractivity contribution in [1.82, 2.24) is 10.2 Å². The number of hydrogen-bond acceptors (Lipinski definition) is 1. The van der Waals surface area contributed by atoms with Crippen LogP contribution in [-0.2, 0) is 0 Å². The van der Waals surface area contributed by atoms with Crippen molar-refractivity contribution >= 4 is 6.03 Å². The standard InChI is InChI=1S/C11H20N2O/c14-11(12-10-6-2-3-7-10)13-8-4-1-5-9-13/h10H,1-9H2,(H,12,14). The van der Waals surface area contributed by atoms with Crippen LogP contribution in [0.2, 0.25) is 0 Å². The molecule has 0 bridgehead atoms. The molecule has 0 aromatic heterocycles. The molecule has 0 radical (unpaired) electrons. The van der Waals surface area contributed by atoms with Crippen molar-refractivity contribution in [2.45, 2.75) is 51.0 Å². The summed E-state index contributed by atoms with van der Waals surface area (Å²) in [6.45, 7) is 1.91. The minimum atomic E-state index is 0.177. The molecule has 1 saturated carbocycles. The van der Waals surface area contributed by atoms with Crippen LogP contribution < -0.4 is 5.32 Å². The molecule has 1 aliphatic heterocycles. The Morgan fingerprint density at radius 3 is 2.29 bits per heavy atom. The second-order valence-electron chi connectivity index (χ2n) is 4.48. The third kappa shape index (κ3) is 2.40. The Hall–Kier alpha value is -0.730. The Morgan fingerprint density at radius 1 is 1.00 bits per heavy atom. The maximum absolute atomic E-state index is 11.8. The Kier molecular flexibility index (Phi) is 3.27. The third-order valence-corrected chi connectivity index (χ3v) is 3.33. The zero-order valence-corrected chi connectivity index (χ0v) is 8.80. The van der Waals surface area contributed by atoms with E-state index < -0.39 is 0 Å². The van der Waals surface area contributed by atoms with Crippen LogP contribution in [0.4, 0.5) is 4.79 Å². The van der Waals surface area contributed by atoms with E-state index in [1.165, 1.54) is 44.9 Å². The first-order valence-corrected chi connectivity index (χ1v) is 5.92. The molecule has 80 valence electrons. The highest BCUT2D eigenvalue weighted by Gasteiger charge is 2.21. The number of urea groups is 1. The molecule has 1 heterocycles. The van der Waals surface area contributed by atoms with E-state index in [1.807, 2.05) is 4.90 Å². The topological polar surface area (TPSA) is 32.3 Å². The zero-order chi connectivity index (χ0) is 9.80. The van der Waals surface area contributed by atoms with Crippen LogP contribution in [0, 0.1) is 0 Å². The number of amides is 2. The predicted molar refractivity (Wildman–Crippen MR) is 56.2 cm³/mol. The van der Waals surface area contributed by atoms with Crippen molar-refractivity contribution in [3.63, 3.8) is 0 Å². The largest absolute Gasteiger partial charge is 0.335 e. The number of hydrogen-bond donors (Lipinski definition) is 1. The van der Waals surface area contributed by atoms with Crippen LogP contribution in [0.15, 0.2) is 0 Å². The molecule has 3 nitrogen and oxygen atoms in total. The first-order chi connectivity index (χ1) is 6.86. The van der Waals surface area contributed by atoms with Crippen molar-refractivity contribution in [3.05, 3.63) is 0 Å². The quantitative estimate of drug-likeness (QED) is 0.684. The summed E-state index contributed by atoms with van der Waals surface area (Å²) in [5.41, 5.74) is 0. The summed E-state index contributed by atoms with van der Waals surface area (Å²) in [6.07, 6.45) is 8.57. The van der Waals surface area contributed by atoms with Gasteiger partial charge in [-0.25, -0.2) is 4.79 Å². The zero-order valence-electron chi connectivity index (χ0n) is 8.80. The summed E-state index contributed by atoms with van der Waals surface area (Å²) >= 11 is 0. The number of nitrogens with zero attached hydrogens (tertiary/aromatic N) is 1. The highest BCUT2D eigenvalue weighted by Crippen LogP contribution is 2.18. The molecule has 0 spiro atoms. The molecular weight excluding hydrogens is 176 g/mol. The first-order valence-electron chi connectivity index (χ1n) is 5.92. The van der Waals surface area contributed by atoms with E-state index in [4.69, 9.17) is 0 Å². The molecule has 1 N–H and O–H groups in total. The van der Waals surface area contributed by atoms with E-state index in [1.54, 1.807) is 0 Å². The van der Waals surface area contributed by atoms with Gasteiger partial charge in [-0.2, -0.15) is 0 Å². The summed E-state index contributed by atoms with van der Waals surface area (Å²) in [7, 11) is 0. The lowest BCUT2D eigenvalue weighted by molar-refractivity contribution is 0.182. The molecular formula is C11H20N2O. The highest BCUT2D eigenvalue weighted by molar-refractivity contribution is 5.74. The van der Waals surface area contributed by atoms with Gasteiger partial charge in [0.25, 0.3) is 0 Å². The fraction of sp³-hybridized carbons (Fsp3) is 0.909. The summed E-state index contributed by atoms with van der Waals surface area (Å²) < 4.78 is 0. The SMILES string of the molecule is O=C(NC1CCCC1)N1CCCCC1. The van der Waals surface area contributed by atoms with Crippen LogP contribution >= 0.6 is 0 Å². The predicted octanol–water partition coefficient (Wildman–Crippen LogP) is 2.12. The summed E-state index contributed by atoms with van der Waals surface area (Å²) in [6, 6.07) is 0.640. The van der Waals surface area contributed by atoms with Gasteiger partial charge in [0.2, 0.25) is 0 Å². The summed E-state index contributed by atoms with van der Waals surface area (Å²) in [5, 5.41) is 3.14. The highest BCUT2D eigenvalue weighted by atomic mass is 16.2. The van der Waals surface area contributed by atoms with Crippen molar-refractivity contribution in [3.8, 4) is 0 Å². The van der Waals surface area contributed by atoms with Gasteiger partial charge in [0.15, 0.2) is 0 Å². The van der Waals surface area contributed by atoms with E-state index >= 15 is 0 Å². The van der Waals surface area contributed by atoms with Gasteiger partial charge in [-0.3, -0.25) is 0 Å². The minimum absolute atomic E-state index is 0.177. The first kappa shape index (κ1) is 9.81. The fourth-order valence-electron chi connectivity index (χ4n) is 2.43. The molecule has 14 heavy (non-hydrogen) atoms. The lowest BCUT2D eigenvalue weighted by Crippen LogP contribution is -2.46. The molecule has 0 aromatic rings. The second-order valence-corrected chi connectivity index (χ2v) is 4.48. The van der Waals surface area contributed by atoms with E-state index in [2.05, 4.69) is 5.32 Å². The van der Waals surface area contributed by atoms with Gasteiger partial charge in [0.1, 0.15) is 0 Å². The van der Waals surface area contributed by atoms with E-state index in [0.29, 0.717) is 6.04 Å². The molecule has 3 heteroatoms. The maximum Gasteiger partial charge on any atom is 0.317 e. The van der Waals surface area contributed by atoms with Gasteiger partial charge in [-0.1, -0.05) is 12.8 Å². The van der Waals surface area contributed by atoms with Crippen molar-refractivity contribution in [2.75, 3.05) is 13.1 Å². The number of nitrogens with one attached hydrogen (secondary N) is 1. The lowest BCUT2D eigenvalue weighted by Gasteiger charge is -2.28. The van der Waals surface area contributed by atoms with Gasteiger partial charge < -0.3 is 10.2 Å². The number of rotatable bonds is 1. The molecule has 2 rings (SSSR count). The average Bonchev–Trinajstić information content (AvgIpc) is 2.72. The third-order valence-electron chi connectivity index (χ3n) is 3.33. The maximum atomic E-state index is 11.8. The van der Waals surface area contributed by atoms with E-state index in [0.717, 1.165) is 13.1 Å². The van der Waals surface area contributed by atoms with E-state index in [9.17, 15) is 4.79 Å². The molecule has 2 aliphatic rings. The smallest absolute Gasteiger partial charge is 0.317 e. The Balaban J connectivity index is 1.75. The Morgan fingerprint density at radius 2 is 1.64 bits per heavy atom. The Labute approximate surface area is 85.8 Å². The van der Waals surface area contributed by atoms with Gasteiger partial charge in [0.05, 0.1) is 0 Å². The summed E-state index contributed by atoms with van der Waals surface area (Å²) in [4.78, 5) is 13.7. The number of piperidine rings is 1. The van der Waals surface area contributed by atoms with Crippen LogP contribution in [-0.4, -0.2) is 30.1 Å². The monoisotopic (exact) mass is 196 g/mol. The number of likely N-dealkylation sites (tertiary alicyclic amines) is 1. The van der Waals surface area contributed by atoms with Crippen LogP contribution in [0.1, 0.15) is 44.9 Å². The van der Waals surface area contributed by atoms with Gasteiger partial charge >= 0.3 is 6.03 Å². The molecule has 1 saturated heterocycles. The Bertz CT molecular complexity index is 193. The van der Waals surface area contributed by atoms with Crippen molar-refractivity contribution in [1.29, 1.82) is 0 Å². The molecule has 2 amide bonds. The summed E-state index contributed by atoms with van der Waals surface area (Å²) in [5.74, 6) is 0. The van der Waals surface area contributed by atoms with Gasteiger partial charge in [-0.05, 0) is 32.1 Å². The molecule has 0 aromatic carbocycles. The van der Waals surface area contributed by atoms with Crippen LogP contribution in [0.5, 0.6) is 0 Å². The van der Waals surface area contributed by atoms with Crippen LogP contribution in [0.3, 0.4) is 0 Å². The second kappa shape index (κ2) is 4.67. The van der Waals surface area contributed by atoms with Gasteiger partial charge in [-0.15, -0.1) is 0 Å². The molecule has 2 fully saturated rings. The number of carbonyl (C=O) groups excluding carboxylic acids is 1. The lowest BCUT2D eigenvalue weighted by atomic mass is 10.1. The van der Waals surface area contributed by atoms with Crippen molar-refractivity contribution in [2.24, 2.45) is 0 Å². The van der Waals surface area contributed by atoms with E-state index in [-0.39, 0.29) is 6.03 Å². The number of carbonyl (C=O) groups is 1. The normalized spacial score (nSPS) is 23.9. The molecule has 0 atom stereocenters.